The van der Waals surface area contributed by atoms with Crippen LogP contribution in [0.5, 0.6) is 0 Å². The fraction of sp³-hybridized carbons (Fsp3) is 0.200. The van der Waals surface area contributed by atoms with E-state index < -0.39 is 23.5 Å². The molecular weight excluding hydrogens is 321 g/mol. The summed E-state index contributed by atoms with van der Waals surface area (Å²) < 4.78 is 13.3. The molecule has 1 aliphatic heterocycles. The molecule has 1 amide bonds. The van der Waals surface area contributed by atoms with Gasteiger partial charge in [0.2, 0.25) is 0 Å². The molecule has 1 unspecified atom stereocenters. The minimum Gasteiger partial charge on any atom is -0.503 e. The first kappa shape index (κ1) is 16.9. The number of para-hydroxylation sites is 1. The Bertz CT molecular complexity index is 871. The van der Waals surface area contributed by atoms with E-state index in [0.29, 0.717) is 11.3 Å². The number of Topliss-reactive ketones (excluding diaryl/α,β-unsaturated/α-hetero) is 1. The van der Waals surface area contributed by atoms with E-state index in [9.17, 15) is 19.1 Å². The summed E-state index contributed by atoms with van der Waals surface area (Å²) in [5.41, 5.74) is 2.06. The van der Waals surface area contributed by atoms with Crippen LogP contribution in [0, 0.1) is 12.7 Å². The number of halogens is 1. The van der Waals surface area contributed by atoms with Gasteiger partial charge in [-0.3, -0.25) is 14.5 Å². The van der Waals surface area contributed by atoms with Gasteiger partial charge in [-0.05, 0) is 36.2 Å². The zero-order valence-corrected chi connectivity index (χ0v) is 14.0. The molecule has 1 aliphatic rings. The van der Waals surface area contributed by atoms with Gasteiger partial charge in [0.1, 0.15) is 5.82 Å². The van der Waals surface area contributed by atoms with Gasteiger partial charge in [0, 0.05) is 12.1 Å². The van der Waals surface area contributed by atoms with Crippen LogP contribution in [0.3, 0.4) is 0 Å². The molecule has 0 spiro atoms. The maximum absolute atomic E-state index is 13.3. The van der Waals surface area contributed by atoms with Crippen molar-refractivity contribution in [3.05, 3.63) is 76.8 Å². The number of aliphatic hydroxyl groups excluding tert-OH is 1. The van der Waals surface area contributed by atoms with E-state index >= 15 is 0 Å². The summed E-state index contributed by atoms with van der Waals surface area (Å²) in [6, 6.07) is 12.1. The van der Waals surface area contributed by atoms with Crippen molar-refractivity contribution in [1.29, 1.82) is 0 Å². The largest absolute Gasteiger partial charge is 0.503 e. The van der Waals surface area contributed by atoms with Crippen LogP contribution in [-0.2, 0) is 9.59 Å². The predicted molar refractivity (Wildman–Crippen MR) is 92.8 cm³/mol. The number of carbonyl (C=O) groups excluding carboxylic acids is 2. The third-order valence-electron chi connectivity index (χ3n) is 4.39. The van der Waals surface area contributed by atoms with Crippen LogP contribution >= 0.6 is 0 Å². The monoisotopic (exact) mass is 339 g/mol. The lowest BCUT2D eigenvalue weighted by Gasteiger charge is -2.28. The third kappa shape index (κ3) is 2.82. The molecule has 0 fully saturated rings. The van der Waals surface area contributed by atoms with Gasteiger partial charge < -0.3 is 5.11 Å². The lowest BCUT2D eigenvalue weighted by molar-refractivity contribution is -0.118. The maximum Gasteiger partial charge on any atom is 0.294 e. The average molecular weight is 339 g/mol. The molecule has 4 nitrogen and oxygen atoms in total. The van der Waals surface area contributed by atoms with Crippen molar-refractivity contribution in [2.24, 2.45) is 0 Å². The minimum absolute atomic E-state index is 0.0577. The lowest BCUT2D eigenvalue weighted by atomic mass is 9.94. The molecule has 3 rings (SSSR count). The zero-order chi connectivity index (χ0) is 18.1. The summed E-state index contributed by atoms with van der Waals surface area (Å²) in [5, 5.41) is 10.4. The number of amides is 1. The fourth-order valence-electron chi connectivity index (χ4n) is 3.12. The first-order chi connectivity index (χ1) is 12.0. The van der Waals surface area contributed by atoms with Crippen molar-refractivity contribution in [3.63, 3.8) is 0 Å². The summed E-state index contributed by atoms with van der Waals surface area (Å²) in [6.45, 7) is 3.52. The molecule has 128 valence electrons. The second-order valence-electron chi connectivity index (χ2n) is 5.95. The van der Waals surface area contributed by atoms with E-state index in [1.54, 1.807) is 19.1 Å². The molecule has 5 heteroatoms. The highest BCUT2D eigenvalue weighted by Gasteiger charge is 2.44. The van der Waals surface area contributed by atoms with E-state index in [1.807, 2.05) is 19.1 Å². The van der Waals surface area contributed by atoms with Gasteiger partial charge in [-0.15, -0.1) is 0 Å². The molecule has 1 atom stereocenters. The van der Waals surface area contributed by atoms with Crippen LogP contribution < -0.4 is 4.90 Å². The SMILES string of the molecule is CCC(=O)C1=C(O)C(=O)N(c2ccccc2C)C1c1ccc(F)cc1. The Balaban J connectivity index is 2.20. The maximum atomic E-state index is 13.3. The number of anilines is 1. The predicted octanol–water partition coefficient (Wildman–Crippen LogP) is 4.01. The second kappa shape index (κ2) is 6.51. The summed E-state index contributed by atoms with van der Waals surface area (Å²) in [5.74, 6) is -1.88. The molecule has 0 aliphatic carbocycles. The number of aryl methyl sites for hydroxylation is 1. The van der Waals surface area contributed by atoms with Crippen molar-refractivity contribution < 1.29 is 19.1 Å². The van der Waals surface area contributed by atoms with E-state index in [1.165, 1.54) is 29.2 Å². The Morgan fingerprint density at radius 1 is 1.16 bits per heavy atom. The summed E-state index contributed by atoms with van der Waals surface area (Å²) in [6.07, 6.45) is 0.159. The fourth-order valence-corrected chi connectivity index (χ4v) is 3.12. The Morgan fingerprint density at radius 3 is 2.40 bits per heavy atom. The van der Waals surface area contributed by atoms with Crippen LogP contribution in [0.15, 0.2) is 59.9 Å². The smallest absolute Gasteiger partial charge is 0.294 e. The van der Waals surface area contributed by atoms with Crippen LogP contribution in [0.25, 0.3) is 0 Å². The topological polar surface area (TPSA) is 57.6 Å². The Morgan fingerprint density at radius 2 is 1.80 bits per heavy atom. The molecule has 0 saturated heterocycles. The summed E-state index contributed by atoms with van der Waals surface area (Å²) in [7, 11) is 0. The van der Waals surface area contributed by atoms with Gasteiger partial charge in [-0.25, -0.2) is 4.39 Å². The number of ketones is 1. The quantitative estimate of drug-likeness (QED) is 0.915. The standard InChI is InChI=1S/C20H18FNO3/c1-3-16(23)17-18(13-8-10-14(21)11-9-13)22(20(25)19(17)24)15-7-5-4-6-12(15)2/h4-11,18,24H,3H2,1-2H3. The molecule has 1 heterocycles. The first-order valence-corrected chi connectivity index (χ1v) is 8.06. The van der Waals surface area contributed by atoms with Gasteiger partial charge >= 0.3 is 0 Å². The van der Waals surface area contributed by atoms with E-state index in [4.69, 9.17) is 0 Å². The normalized spacial score (nSPS) is 17.3. The van der Waals surface area contributed by atoms with Gasteiger partial charge in [-0.1, -0.05) is 37.3 Å². The zero-order valence-electron chi connectivity index (χ0n) is 14.0. The molecular formula is C20H18FNO3. The molecule has 0 radical (unpaired) electrons. The highest BCUT2D eigenvalue weighted by atomic mass is 19.1. The lowest BCUT2D eigenvalue weighted by Crippen LogP contribution is -2.31. The number of aliphatic hydroxyl groups is 1. The van der Waals surface area contributed by atoms with Crippen molar-refractivity contribution in [2.75, 3.05) is 4.90 Å². The molecule has 0 bridgehead atoms. The second-order valence-corrected chi connectivity index (χ2v) is 5.95. The molecule has 0 aromatic heterocycles. The molecule has 2 aromatic rings. The molecule has 25 heavy (non-hydrogen) atoms. The van der Waals surface area contributed by atoms with E-state index in [2.05, 4.69) is 0 Å². The highest BCUT2D eigenvalue weighted by molar-refractivity contribution is 6.16. The Labute approximate surface area is 145 Å². The number of carbonyl (C=O) groups is 2. The third-order valence-corrected chi connectivity index (χ3v) is 4.39. The number of rotatable bonds is 4. The van der Waals surface area contributed by atoms with Gasteiger partial charge in [-0.2, -0.15) is 0 Å². The number of hydrogen-bond donors (Lipinski definition) is 1. The summed E-state index contributed by atoms with van der Waals surface area (Å²) >= 11 is 0. The van der Waals surface area contributed by atoms with Crippen LogP contribution in [0.1, 0.15) is 30.5 Å². The van der Waals surface area contributed by atoms with E-state index in [0.717, 1.165) is 5.56 Å². The van der Waals surface area contributed by atoms with Crippen molar-refractivity contribution >= 4 is 17.4 Å². The van der Waals surface area contributed by atoms with Gasteiger partial charge in [0.05, 0.1) is 11.6 Å². The van der Waals surface area contributed by atoms with Crippen LogP contribution in [-0.4, -0.2) is 16.8 Å². The molecule has 2 aromatic carbocycles. The van der Waals surface area contributed by atoms with Gasteiger partial charge in [0.25, 0.3) is 5.91 Å². The van der Waals surface area contributed by atoms with Crippen LogP contribution in [0.4, 0.5) is 10.1 Å². The van der Waals surface area contributed by atoms with E-state index in [-0.39, 0.29) is 17.8 Å². The number of nitrogens with zero attached hydrogens (tertiary/aromatic N) is 1. The van der Waals surface area contributed by atoms with Crippen molar-refractivity contribution in [2.45, 2.75) is 26.3 Å². The first-order valence-electron chi connectivity index (χ1n) is 8.06. The van der Waals surface area contributed by atoms with Crippen molar-refractivity contribution in [3.8, 4) is 0 Å². The highest BCUT2D eigenvalue weighted by Crippen LogP contribution is 2.42. The van der Waals surface area contributed by atoms with Crippen LogP contribution in [0.2, 0.25) is 0 Å². The average Bonchev–Trinajstić information content (AvgIpc) is 2.87. The van der Waals surface area contributed by atoms with Gasteiger partial charge in [0.15, 0.2) is 11.5 Å². The summed E-state index contributed by atoms with van der Waals surface area (Å²) in [4.78, 5) is 26.5. The molecule has 1 N–H and O–H groups in total. The minimum atomic E-state index is -0.776. The number of benzene rings is 2. The Hall–Kier alpha value is -2.95. The van der Waals surface area contributed by atoms with Crippen molar-refractivity contribution in [1.82, 2.24) is 0 Å². The Kier molecular flexibility index (Phi) is 4.40. The molecule has 0 saturated carbocycles. The number of hydrogen-bond acceptors (Lipinski definition) is 3.